The van der Waals surface area contributed by atoms with E-state index in [1.807, 2.05) is 36.8 Å². The topological polar surface area (TPSA) is 98.0 Å². The minimum absolute atomic E-state index is 0.00687. The number of aromatic amines is 1. The molecule has 0 atom stereocenters. The molecule has 166 valence electrons. The number of carbonyl (C=O) groups excluding carboxylic acids is 1. The van der Waals surface area contributed by atoms with Gasteiger partial charge < -0.3 is 25.8 Å². The van der Waals surface area contributed by atoms with Gasteiger partial charge in [-0.05, 0) is 35.7 Å². The highest BCUT2D eigenvalue weighted by atomic mass is 16.1. The standard InChI is InChI=1S/C25H25N7O/c33-25-20-2-1-16(11-17(20)3-5-28-25)22-15-30-24-21(22)12-19(14-29-24)31-18-4-6-27-23(13-18)32-9-7-26-8-10-32/h1-2,4,6,11-15,26H,3,5,7-10H2,(H,27,31)(H,28,33)(H,29,30). The third-order valence-electron chi connectivity index (χ3n) is 6.35. The zero-order valence-electron chi connectivity index (χ0n) is 18.2. The number of hydrogen-bond donors (Lipinski definition) is 4. The minimum atomic E-state index is 0.00687. The van der Waals surface area contributed by atoms with Gasteiger partial charge in [-0.15, -0.1) is 0 Å². The Balaban J connectivity index is 1.30. The van der Waals surface area contributed by atoms with Crippen molar-refractivity contribution < 1.29 is 4.79 Å². The van der Waals surface area contributed by atoms with Crippen molar-refractivity contribution in [2.45, 2.75) is 6.42 Å². The van der Waals surface area contributed by atoms with Crippen LogP contribution >= 0.6 is 0 Å². The number of aromatic nitrogens is 3. The van der Waals surface area contributed by atoms with E-state index in [9.17, 15) is 4.79 Å². The Kier molecular flexibility index (Phi) is 4.92. The molecule has 8 heteroatoms. The van der Waals surface area contributed by atoms with E-state index < -0.39 is 0 Å². The normalized spacial score (nSPS) is 15.9. The van der Waals surface area contributed by atoms with Crippen LogP contribution in [0.5, 0.6) is 0 Å². The smallest absolute Gasteiger partial charge is 0.251 e. The molecule has 1 amide bonds. The number of H-pyrrole nitrogens is 1. The molecule has 6 rings (SSSR count). The molecule has 1 aromatic carbocycles. The molecule has 1 fully saturated rings. The number of amides is 1. The Bertz CT molecular complexity index is 1340. The van der Waals surface area contributed by atoms with Crippen LogP contribution in [0.1, 0.15) is 15.9 Å². The number of nitrogens with zero attached hydrogens (tertiary/aromatic N) is 3. The van der Waals surface area contributed by atoms with Crippen molar-refractivity contribution in [3.8, 4) is 11.1 Å². The molecule has 0 unspecified atom stereocenters. The number of carbonyl (C=O) groups is 1. The number of fused-ring (bicyclic) bond motifs is 2. The lowest BCUT2D eigenvalue weighted by Gasteiger charge is -2.28. The van der Waals surface area contributed by atoms with Gasteiger partial charge in [-0.2, -0.15) is 0 Å². The van der Waals surface area contributed by atoms with Gasteiger partial charge in [0.2, 0.25) is 0 Å². The fourth-order valence-corrected chi connectivity index (χ4v) is 4.64. The van der Waals surface area contributed by atoms with Gasteiger partial charge in [-0.25, -0.2) is 9.97 Å². The minimum Gasteiger partial charge on any atom is -0.354 e. The van der Waals surface area contributed by atoms with Crippen LogP contribution in [0.4, 0.5) is 17.2 Å². The number of benzene rings is 1. The molecular weight excluding hydrogens is 414 g/mol. The number of piperazine rings is 1. The van der Waals surface area contributed by atoms with Crippen LogP contribution in [0.25, 0.3) is 22.2 Å². The van der Waals surface area contributed by atoms with E-state index >= 15 is 0 Å². The van der Waals surface area contributed by atoms with Crippen molar-refractivity contribution in [3.63, 3.8) is 0 Å². The maximum absolute atomic E-state index is 12.1. The Morgan fingerprint density at radius 2 is 1.85 bits per heavy atom. The molecule has 0 saturated carbocycles. The first-order valence-electron chi connectivity index (χ1n) is 11.3. The highest BCUT2D eigenvalue weighted by Crippen LogP contribution is 2.32. The molecule has 4 N–H and O–H groups in total. The second kappa shape index (κ2) is 8.22. The van der Waals surface area contributed by atoms with Gasteiger partial charge in [0.25, 0.3) is 5.91 Å². The van der Waals surface area contributed by atoms with Crippen molar-refractivity contribution in [1.29, 1.82) is 0 Å². The van der Waals surface area contributed by atoms with Gasteiger partial charge >= 0.3 is 0 Å². The van der Waals surface area contributed by atoms with Crippen molar-refractivity contribution >= 4 is 34.1 Å². The second-order valence-electron chi connectivity index (χ2n) is 8.47. The van der Waals surface area contributed by atoms with Gasteiger partial charge in [0.15, 0.2) is 0 Å². The molecule has 2 aliphatic heterocycles. The lowest BCUT2D eigenvalue weighted by molar-refractivity contribution is 0.0946. The van der Waals surface area contributed by atoms with Crippen molar-refractivity contribution in [3.05, 3.63) is 66.1 Å². The fraction of sp³-hybridized carbons (Fsp3) is 0.240. The van der Waals surface area contributed by atoms with E-state index in [-0.39, 0.29) is 5.91 Å². The molecule has 4 aromatic rings. The number of pyridine rings is 2. The first kappa shape index (κ1) is 19.8. The van der Waals surface area contributed by atoms with Crippen molar-refractivity contribution in [1.82, 2.24) is 25.6 Å². The predicted octanol–water partition coefficient (Wildman–Crippen LogP) is 3.06. The van der Waals surface area contributed by atoms with Gasteiger partial charge in [-0.1, -0.05) is 12.1 Å². The highest BCUT2D eigenvalue weighted by molar-refractivity contribution is 5.99. The first-order chi connectivity index (χ1) is 16.2. The van der Waals surface area contributed by atoms with Crippen LogP contribution in [0, 0.1) is 0 Å². The number of anilines is 3. The molecule has 1 saturated heterocycles. The van der Waals surface area contributed by atoms with Gasteiger partial charge in [0.1, 0.15) is 11.5 Å². The Morgan fingerprint density at radius 3 is 2.76 bits per heavy atom. The van der Waals surface area contributed by atoms with Crippen LogP contribution in [-0.2, 0) is 6.42 Å². The summed E-state index contributed by atoms with van der Waals surface area (Å²) < 4.78 is 0. The summed E-state index contributed by atoms with van der Waals surface area (Å²) in [6, 6.07) is 12.2. The average molecular weight is 440 g/mol. The summed E-state index contributed by atoms with van der Waals surface area (Å²) in [6.07, 6.45) is 6.52. The number of nitrogens with one attached hydrogen (secondary N) is 4. The van der Waals surface area contributed by atoms with Crippen LogP contribution < -0.4 is 20.9 Å². The summed E-state index contributed by atoms with van der Waals surface area (Å²) in [4.78, 5) is 26.8. The Labute approximate surface area is 191 Å². The molecule has 0 aliphatic carbocycles. The van der Waals surface area contributed by atoms with E-state index in [1.165, 1.54) is 0 Å². The molecule has 2 aliphatic rings. The molecule has 0 radical (unpaired) electrons. The Hall–Kier alpha value is -3.91. The molecule has 33 heavy (non-hydrogen) atoms. The zero-order valence-corrected chi connectivity index (χ0v) is 18.2. The molecular formula is C25H25N7O. The second-order valence-corrected chi connectivity index (χ2v) is 8.47. The van der Waals surface area contributed by atoms with Crippen LogP contribution in [0.2, 0.25) is 0 Å². The van der Waals surface area contributed by atoms with E-state index in [4.69, 9.17) is 0 Å². The lowest BCUT2D eigenvalue weighted by Crippen LogP contribution is -2.43. The van der Waals surface area contributed by atoms with Crippen LogP contribution in [0.15, 0.2) is 55.0 Å². The lowest BCUT2D eigenvalue weighted by atomic mass is 9.95. The SMILES string of the molecule is O=C1NCCc2cc(-c3c[nH]c4ncc(Nc5ccnc(N6CCNCC6)c5)cc34)ccc21. The average Bonchev–Trinajstić information content (AvgIpc) is 3.28. The maximum atomic E-state index is 12.1. The third kappa shape index (κ3) is 3.78. The van der Waals surface area contributed by atoms with Crippen LogP contribution in [0.3, 0.4) is 0 Å². The van der Waals surface area contributed by atoms with E-state index in [1.54, 1.807) is 0 Å². The van der Waals surface area contributed by atoms with E-state index in [0.29, 0.717) is 6.54 Å². The van der Waals surface area contributed by atoms with Gasteiger partial charge in [0, 0.05) is 73.4 Å². The third-order valence-corrected chi connectivity index (χ3v) is 6.35. The zero-order chi connectivity index (χ0) is 22.2. The summed E-state index contributed by atoms with van der Waals surface area (Å²) in [7, 11) is 0. The maximum Gasteiger partial charge on any atom is 0.251 e. The molecule has 3 aromatic heterocycles. The summed E-state index contributed by atoms with van der Waals surface area (Å²) in [5.41, 5.74) is 6.75. The predicted molar refractivity (Wildman–Crippen MR) is 130 cm³/mol. The van der Waals surface area contributed by atoms with Crippen LogP contribution in [-0.4, -0.2) is 53.6 Å². The van der Waals surface area contributed by atoms with Crippen molar-refractivity contribution in [2.75, 3.05) is 42.9 Å². The Morgan fingerprint density at radius 1 is 0.939 bits per heavy atom. The monoisotopic (exact) mass is 439 g/mol. The largest absolute Gasteiger partial charge is 0.354 e. The van der Waals surface area contributed by atoms with Gasteiger partial charge in [0.05, 0.1) is 11.9 Å². The summed E-state index contributed by atoms with van der Waals surface area (Å²) in [5, 5.41) is 10.8. The van der Waals surface area contributed by atoms with Crippen molar-refractivity contribution in [2.24, 2.45) is 0 Å². The molecule has 5 heterocycles. The molecule has 8 nitrogen and oxygen atoms in total. The summed E-state index contributed by atoms with van der Waals surface area (Å²) in [6.45, 7) is 4.55. The highest BCUT2D eigenvalue weighted by Gasteiger charge is 2.18. The summed E-state index contributed by atoms with van der Waals surface area (Å²) in [5.74, 6) is 0.989. The van der Waals surface area contributed by atoms with E-state index in [0.717, 1.165) is 83.1 Å². The first-order valence-corrected chi connectivity index (χ1v) is 11.3. The number of hydrogen-bond acceptors (Lipinski definition) is 6. The quantitative estimate of drug-likeness (QED) is 0.390. The van der Waals surface area contributed by atoms with Gasteiger partial charge in [-0.3, -0.25) is 4.79 Å². The molecule has 0 spiro atoms. The summed E-state index contributed by atoms with van der Waals surface area (Å²) >= 11 is 0. The van der Waals surface area contributed by atoms with E-state index in [2.05, 4.69) is 54.0 Å². The fourth-order valence-electron chi connectivity index (χ4n) is 4.64. The number of rotatable bonds is 4. The molecule has 0 bridgehead atoms.